The van der Waals surface area contributed by atoms with Gasteiger partial charge in [-0.25, -0.2) is 0 Å². The Bertz CT molecular complexity index is 620. The molecule has 1 amide bonds. The van der Waals surface area contributed by atoms with Gasteiger partial charge < -0.3 is 4.90 Å². The highest BCUT2D eigenvalue weighted by Gasteiger charge is 2.25. The quantitative estimate of drug-likeness (QED) is 0.807. The highest BCUT2D eigenvalue weighted by atomic mass is 16.2. The monoisotopic (exact) mass is 279 g/mol. The summed E-state index contributed by atoms with van der Waals surface area (Å²) in [6.45, 7) is 2.70. The van der Waals surface area contributed by atoms with Crippen LogP contribution in [0.5, 0.6) is 0 Å². The van der Waals surface area contributed by atoms with Crippen molar-refractivity contribution in [1.82, 2.24) is 0 Å². The van der Waals surface area contributed by atoms with E-state index < -0.39 is 0 Å². The molecule has 1 unspecified atom stereocenters. The van der Waals surface area contributed by atoms with E-state index in [9.17, 15) is 4.79 Å². The molecule has 1 atom stereocenters. The normalized spacial score (nSPS) is 18.8. The van der Waals surface area contributed by atoms with Gasteiger partial charge in [0.2, 0.25) is 5.91 Å². The van der Waals surface area contributed by atoms with Gasteiger partial charge in [0.15, 0.2) is 0 Å². The zero-order valence-corrected chi connectivity index (χ0v) is 12.5. The molecule has 0 saturated heterocycles. The Morgan fingerprint density at radius 1 is 1.05 bits per heavy atom. The molecule has 0 aromatic heterocycles. The Hall–Kier alpha value is -2.09. The number of para-hydroxylation sites is 1. The summed E-state index contributed by atoms with van der Waals surface area (Å²) < 4.78 is 0. The van der Waals surface area contributed by atoms with Crippen LogP contribution in [0.15, 0.2) is 54.6 Å². The van der Waals surface area contributed by atoms with E-state index in [1.54, 1.807) is 0 Å². The van der Waals surface area contributed by atoms with Gasteiger partial charge in [0.25, 0.3) is 0 Å². The van der Waals surface area contributed by atoms with E-state index in [0.717, 1.165) is 24.9 Å². The van der Waals surface area contributed by atoms with Crippen LogP contribution in [-0.2, 0) is 17.8 Å². The Morgan fingerprint density at radius 3 is 2.57 bits per heavy atom. The van der Waals surface area contributed by atoms with E-state index >= 15 is 0 Å². The second-order valence-corrected chi connectivity index (χ2v) is 5.83. The summed E-state index contributed by atoms with van der Waals surface area (Å²) in [7, 11) is 0. The van der Waals surface area contributed by atoms with Crippen molar-refractivity contribution >= 4 is 11.6 Å². The highest BCUT2D eigenvalue weighted by Crippen LogP contribution is 2.29. The molecule has 0 fully saturated rings. The second-order valence-electron chi connectivity index (χ2n) is 5.83. The molecular weight excluding hydrogens is 258 g/mol. The maximum Gasteiger partial charge on any atom is 0.230 e. The molecule has 108 valence electrons. The van der Waals surface area contributed by atoms with Crippen LogP contribution in [0.3, 0.4) is 0 Å². The summed E-state index contributed by atoms with van der Waals surface area (Å²) in [5, 5.41) is 0. The molecule has 1 heterocycles. The maximum absolute atomic E-state index is 12.8. The molecule has 3 rings (SSSR count). The highest BCUT2D eigenvalue weighted by molar-refractivity contribution is 5.95. The minimum Gasteiger partial charge on any atom is -0.308 e. The molecule has 1 aliphatic heterocycles. The van der Waals surface area contributed by atoms with E-state index in [-0.39, 0.29) is 11.8 Å². The molecule has 0 bridgehead atoms. The third kappa shape index (κ3) is 2.99. The number of carbonyl (C=O) groups is 1. The standard InChI is InChI=1S/C19H21NO/c1-15-8-7-12-17-11-5-6-13-18(17)20(19(15)21)14-16-9-3-2-4-10-16/h2-6,9-11,13,15H,7-8,12,14H2,1H3. The first kappa shape index (κ1) is 13.9. The van der Waals surface area contributed by atoms with Gasteiger partial charge in [0.05, 0.1) is 6.54 Å². The summed E-state index contributed by atoms with van der Waals surface area (Å²) in [5.41, 5.74) is 3.54. The maximum atomic E-state index is 12.8. The fraction of sp³-hybridized carbons (Fsp3) is 0.316. The molecule has 2 aromatic carbocycles. The van der Waals surface area contributed by atoms with E-state index in [2.05, 4.69) is 30.3 Å². The second kappa shape index (κ2) is 6.13. The first-order valence-electron chi connectivity index (χ1n) is 7.69. The van der Waals surface area contributed by atoms with Crippen LogP contribution in [0.1, 0.15) is 30.9 Å². The Balaban J connectivity index is 1.99. The van der Waals surface area contributed by atoms with Crippen molar-refractivity contribution in [3.8, 4) is 0 Å². The van der Waals surface area contributed by atoms with Crippen molar-refractivity contribution in [1.29, 1.82) is 0 Å². The average Bonchev–Trinajstić information content (AvgIpc) is 2.52. The molecule has 1 aliphatic rings. The van der Waals surface area contributed by atoms with Gasteiger partial charge in [-0.15, -0.1) is 0 Å². The predicted octanol–water partition coefficient (Wildman–Crippen LogP) is 4.19. The van der Waals surface area contributed by atoms with Crippen LogP contribution in [-0.4, -0.2) is 5.91 Å². The number of aryl methyl sites for hydroxylation is 1. The number of benzene rings is 2. The first-order chi connectivity index (χ1) is 10.3. The largest absolute Gasteiger partial charge is 0.308 e. The van der Waals surface area contributed by atoms with Crippen LogP contribution in [0.2, 0.25) is 0 Å². The molecule has 0 spiro atoms. The lowest BCUT2D eigenvalue weighted by molar-refractivity contribution is -0.122. The summed E-state index contributed by atoms with van der Waals surface area (Å²) >= 11 is 0. The fourth-order valence-corrected chi connectivity index (χ4v) is 3.02. The van der Waals surface area contributed by atoms with Crippen molar-refractivity contribution in [2.24, 2.45) is 5.92 Å². The minimum atomic E-state index is 0.0991. The fourth-order valence-electron chi connectivity index (χ4n) is 3.02. The van der Waals surface area contributed by atoms with Gasteiger partial charge >= 0.3 is 0 Å². The molecule has 2 aromatic rings. The number of rotatable bonds is 2. The minimum absolute atomic E-state index is 0.0991. The van der Waals surface area contributed by atoms with Crippen LogP contribution in [0, 0.1) is 5.92 Å². The van der Waals surface area contributed by atoms with Crippen molar-refractivity contribution in [3.63, 3.8) is 0 Å². The molecular formula is C19H21NO. The molecule has 0 saturated carbocycles. The van der Waals surface area contributed by atoms with Crippen molar-refractivity contribution in [2.75, 3.05) is 4.90 Å². The zero-order chi connectivity index (χ0) is 14.7. The van der Waals surface area contributed by atoms with Crippen LogP contribution < -0.4 is 4.90 Å². The Morgan fingerprint density at radius 2 is 1.76 bits per heavy atom. The van der Waals surface area contributed by atoms with Gasteiger partial charge in [-0.1, -0.05) is 55.5 Å². The topological polar surface area (TPSA) is 20.3 Å². The molecule has 2 nitrogen and oxygen atoms in total. The van der Waals surface area contributed by atoms with E-state index in [4.69, 9.17) is 0 Å². The van der Waals surface area contributed by atoms with Gasteiger partial charge in [0, 0.05) is 11.6 Å². The van der Waals surface area contributed by atoms with Gasteiger partial charge in [-0.2, -0.15) is 0 Å². The average molecular weight is 279 g/mol. The number of carbonyl (C=O) groups excluding carboxylic acids is 1. The van der Waals surface area contributed by atoms with E-state index in [1.807, 2.05) is 36.1 Å². The predicted molar refractivity (Wildman–Crippen MR) is 86.2 cm³/mol. The summed E-state index contributed by atoms with van der Waals surface area (Å²) in [4.78, 5) is 14.8. The van der Waals surface area contributed by atoms with Gasteiger partial charge in [0.1, 0.15) is 0 Å². The lowest BCUT2D eigenvalue weighted by atomic mass is 9.95. The molecule has 0 N–H and O–H groups in total. The molecule has 0 radical (unpaired) electrons. The van der Waals surface area contributed by atoms with Crippen molar-refractivity contribution in [2.45, 2.75) is 32.7 Å². The number of hydrogen-bond acceptors (Lipinski definition) is 1. The smallest absolute Gasteiger partial charge is 0.230 e. The summed E-state index contributed by atoms with van der Waals surface area (Å²) in [6.07, 6.45) is 3.11. The zero-order valence-electron chi connectivity index (χ0n) is 12.5. The molecule has 2 heteroatoms. The van der Waals surface area contributed by atoms with Crippen LogP contribution in [0.4, 0.5) is 5.69 Å². The van der Waals surface area contributed by atoms with Crippen LogP contribution >= 0.6 is 0 Å². The number of amides is 1. The number of fused-ring (bicyclic) bond motifs is 1. The Labute approximate surface area is 126 Å². The van der Waals surface area contributed by atoms with Crippen molar-refractivity contribution < 1.29 is 4.79 Å². The number of anilines is 1. The van der Waals surface area contributed by atoms with Crippen molar-refractivity contribution in [3.05, 3.63) is 65.7 Å². The SMILES string of the molecule is CC1CCCc2ccccc2N(Cc2ccccc2)C1=O. The Kier molecular flexibility index (Phi) is 4.05. The summed E-state index contributed by atoms with van der Waals surface area (Å²) in [5.74, 6) is 0.341. The van der Waals surface area contributed by atoms with Gasteiger partial charge in [-0.3, -0.25) is 4.79 Å². The third-order valence-corrected chi connectivity index (χ3v) is 4.24. The number of hydrogen-bond donors (Lipinski definition) is 0. The molecule has 21 heavy (non-hydrogen) atoms. The van der Waals surface area contributed by atoms with Crippen LogP contribution in [0.25, 0.3) is 0 Å². The lowest BCUT2D eigenvalue weighted by Crippen LogP contribution is -2.36. The van der Waals surface area contributed by atoms with E-state index in [1.165, 1.54) is 11.1 Å². The molecule has 0 aliphatic carbocycles. The van der Waals surface area contributed by atoms with E-state index in [0.29, 0.717) is 6.54 Å². The first-order valence-corrected chi connectivity index (χ1v) is 7.69. The third-order valence-electron chi connectivity index (χ3n) is 4.24. The van der Waals surface area contributed by atoms with Gasteiger partial charge in [-0.05, 0) is 36.5 Å². The summed E-state index contributed by atoms with van der Waals surface area (Å²) in [6, 6.07) is 18.5. The lowest BCUT2D eigenvalue weighted by Gasteiger charge is -2.30. The number of nitrogens with zero attached hydrogens (tertiary/aromatic N) is 1.